The summed E-state index contributed by atoms with van der Waals surface area (Å²) in [5.41, 5.74) is -0.185. The molecule has 0 spiro atoms. The van der Waals surface area contributed by atoms with Crippen molar-refractivity contribution in [2.45, 2.75) is 33.2 Å². The van der Waals surface area contributed by atoms with Gasteiger partial charge in [-0.05, 0) is 11.8 Å². The summed E-state index contributed by atoms with van der Waals surface area (Å²) < 4.78 is 0. The highest BCUT2D eigenvalue weighted by Crippen LogP contribution is 2.21. The topological polar surface area (TPSA) is 86.6 Å². The quantitative estimate of drug-likeness (QED) is 0.600. The molecule has 16 heavy (non-hydrogen) atoms. The SMILES string of the molecule is CC(C)(C)C(CCO)NC(=O)/C=C/C(=O)O. The first-order valence-electron chi connectivity index (χ1n) is 5.09. The van der Waals surface area contributed by atoms with Crippen LogP contribution in [0.15, 0.2) is 12.2 Å². The van der Waals surface area contributed by atoms with E-state index in [0.29, 0.717) is 6.42 Å². The maximum absolute atomic E-state index is 11.3. The Bertz CT molecular complexity index is 278. The smallest absolute Gasteiger partial charge is 0.328 e. The summed E-state index contributed by atoms with van der Waals surface area (Å²) in [7, 11) is 0. The van der Waals surface area contributed by atoms with Crippen molar-refractivity contribution < 1.29 is 19.8 Å². The molecular formula is C11H19NO4. The Kier molecular flexibility index (Phi) is 5.74. The van der Waals surface area contributed by atoms with Gasteiger partial charge in [-0.15, -0.1) is 0 Å². The third-order valence-corrected chi connectivity index (χ3v) is 2.16. The zero-order chi connectivity index (χ0) is 12.8. The number of carboxylic acids is 1. The van der Waals surface area contributed by atoms with Crippen LogP contribution in [0.4, 0.5) is 0 Å². The fourth-order valence-corrected chi connectivity index (χ4v) is 1.22. The number of aliphatic carboxylic acids is 1. The monoisotopic (exact) mass is 229 g/mol. The average Bonchev–Trinajstić information content (AvgIpc) is 2.12. The van der Waals surface area contributed by atoms with Crippen LogP contribution in [0.1, 0.15) is 27.2 Å². The van der Waals surface area contributed by atoms with Crippen LogP contribution in [0.5, 0.6) is 0 Å². The molecular weight excluding hydrogens is 210 g/mol. The lowest BCUT2D eigenvalue weighted by Gasteiger charge is -2.30. The highest BCUT2D eigenvalue weighted by molar-refractivity contribution is 5.94. The van der Waals surface area contributed by atoms with Crippen molar-refractivity contribution in [2.24, 2.45) is 5.41 Å². The fraction of sp³-hybridized carbons (Fsp3) is 0.636. The van der Waals surface area contributed by atoms with Crippen molar-refractivity contribution in [3.63, 3.8) is 0 Å². The lowest BCUT2D eigenvalue weighted by atomic mass is 9.85. The number of aliphatic hydroxyl groups excluding tert-OH is 1. The van der Waals surface area contributed by atoms with E-state index in [0.717, 1.165) is 12.2 Å². The van der Waals surface area contributed by atoms with Crippen molar-refractivity contribution in [1.29, 1.82) is 0 Å². The second kappa shape index (κ2) is 6.27. The number of rotatable bonds is 5. The molecule has 1 unspecified atom stereocenters. The van der Waals surface area contributed by atoms with Gasteiger partial charge >= 0.3 is 5.97 Å². The predicted octanol–water partition coefficient (Wildman–Crippen LogP) is 0.540. The van der Waals surface area contributed by atoms with Gasteiger partial charge in [0.2, 0.25) is 5.91 Å². The summed E-state index contributed by atoms with van der Waals surface area (Å²) in [5, 5.41) is 19.9. The number of carbonyl (C=O) groups is 2. The van der Waals surface area contributed by atoms with Crippen molar-refractivity contribution in [3.8, 4) is 0 Å². The fourth-order valence-electron chi connectivity index (χ4n) is 1.22. The minimum atomic E-state index is -1.16. The molecule has 0 radical (unpaired) electrons. The molecule has 0 saturated carbocycles. The minimum Gasteiger partial charge on any atom is -0.478 e. The molecule has 1 atom stereocenters. The second-order valence-electron chi connectivity index (χ2n) is 4.61. The average molecular weight is 229 g/mol. The van der Waals surface area contributed by atoms with Crippen molar-refractivity contribution in [1.82, 2.24) is 5.32 Å². The maximum Gasteiger partial charge on any atom is 0.328 e. The van der Waals surface area contributed by atoms with Gasteiger partial charge < -0.3 is 15.5 Å². The van der Waals surface area contributed by atoms with Crippen LogP contribution in [0.2, 0.25) is 0 Å². The van der Waals surface area contributed by atoms with E-state index >= 15 is 0 Å². The second-order valence-corrected chi connectivity index (χ2v) is 4.61. The Balaban J connectivity index is 4.41. The Hall–Kier alpha value is -1.36. The van der Waals surface area contributed by atoms with Gasteiger partial charge in [-0.3, -0.25) is 4.79 Å². The van der Waals surface area contributed by atoms with E-state index in [2.05, 4.69) is 5.32 Å². The molecule has 0 aromatic carbocycles. The van der Waals surface area contributed by atoms with Gasteiger partial charge in [0.1, 0.15) is 0 Å². The molecule has 0 bridgehead atoms. The largest absolute Gasteiger partial charge is 0.478 e. The summed E-state index contributed by atoms with van der Waals surface area (Å²) in [5.74, 6) is -1.62. The van der Waals surface area contributed by atoms with Gasteiger partial charge in [-0.1, -0.05) is 20.8 Å². The van der Waals surface area contributed by atoms with Crippen LogP contribution in [0, 0.1) is 5.41 Å². The van der Waals surface area contributed by atoms with Gasteiger partial charge in [0, 0.05) is 24.8 Å². The van der Waals surface area contributed by atoms with Gasteiger partial charge in [-0.25, -0.2) is 4.79 Å². The zero-order valence-corrected chi connectivity index (χ0v) is 9.86. The van der Waals surface area contributed by atoms with Crippen molar-refractivity contribution in [3.05, 3.63) is 12.2 Å². The summed E-state index contributed by atoms with van der Waals surface area (Å²) in [6.45, 7) is 5.79. The van der Waals surface area contributed by atoms with E-state index in [1.807, 2.05) is 20.8 Å². The molecule has 0 fully saturated rings. The van der Waals surface area contributed by atoms with Crippen LogP contribution < -0.4 is 5.32 Å². The number of amides is 1. The highest BCUT2D eigenvalue weighted by atomic mass is 16.4. The third kappa shape index (κ3) is 6.19. The van der Waals surface area contributed by atoms with E-state index in [4.69, 9.17) is 10.2 Å². The number of hydrogen-bond donors (Lipinski definition) is 3. The summed E-state index contributed by atoms with van der Waals surface area (Å²) in [6, 6.07) is -0.191. The van der Waals surface area contributed by atoms with E-state index in [-0.39, 0.29) is 18.1 Å². The van der Waals surface area contributed by atoms with Crippen LogP contribution in [0.3, 0.4) is 0 Å². The van der Waals surface area contributed by atoms with Gasteiger partial charge in [0.05, 0.1) is 0 Å². The van der Waals surface area contributed by atoms with Crippen molar-refractivity contribution >= 4 is 11.9 Å². The normalized spacial score (nSPS) is 13.8. The molecule has 0 aliphatic rings. The molecule has 5 heteroatoms. The van der Waals surface area contributed by atoms with Gasteiger partial charge in [0.15, 0.2) is 0 Å². The van der Waals surface area contributed by atoms with Crippen LogP contribution in [-0.2, 0) is 9.59 Å². The molecule has 0 aliphatic carbocycles. The molecule has 92 valence electrons. The molecule has 5 nitrogen and oxygen atoms in total. The molecule has 0 rings (SSSR count). The number of carboxylic acid groups (broad SMARTS) is 1. The molecule has 0 heterocycles. The summed E-state index contributed by atoms with van der Waals surface area (Å²) >= 11 is 0. The molecule has 0 aliphatic heterocycles. The first-order chi connectivity index (χ1) is 7.27. The lowest BCUT2D eigenvalue weighted by molar-refractivity contribution is -0.131. The predicted molar refractivity (Wildman–Crippen MR) is 59.9 cm³/mol. The van der Waals surface area contributed by atoms with Crippen LogP contribution in [0.25, 0.3) is 0 Å². The minimum absolute atomic E-state index is 0.0230. The molecule has 1 amide bonds. The van der Waals surface area contributed by atoms with Crippen LogP contribution in [-0.4, -0.2) is 34.7 Å². The van der Waals surface area contributed by atoms with E-state index in [1.54, 1.807) is 0 Å². The Morgan fingerprint density at radius 1 is 1.31 bits per heavy atom. The van der Waals surface area contributed by atoms with Gasteiger partial charge in [-0.2, -0.15) is 0 Å². The van der Waals surface area contributed by atoms with E-state index in [1.165, 1.54) is 0 Å². The summed E-state index contributed by atoms with van der Waals surface area (Å²) in [6.07, 6.45) is 2.20. The van der Waals surface area contributed by atoms with Crippen LogP contribution >= 0.6 is 0 Å². The van der Waals surface area contributed by atoms with E-state index in [9.17, 15) is 9.59 Å². The highest BCUT2D eigenvalue weighted by Gasteiger charge is 2.24. The zero-order valence-electron chi connectivity index (χ0n) is 9.86. The molecule has 0 aromatic rings. The Morgan fingerprint density at radius 3 is 2.25 bits per heavy atom. The number of nitrogens with one attached hydrogen (secondary N) is 1. The number of carbonyl (C=O) groups excluding carboxylic acids is 1. The molecule has 0 saturated heterocycles. The van der Waals surface area contributed by atoms with E-state index < -0.39 is 11.9 Å². The maximum atomic E-state index is 11.3. The Morgan fingerprint density at radius 2 is 1.88 bits per heavy atom. The number of hydrogen-bond acceptors (Lipinski definition) is 3. The lowest BCUT2D eigenvalue weighted by Crippen LogP contribution is -2.43. The standard InChI is InChI=1S/C11H19NO4/c1-11(2,3)8(6-7-13)12-9(14)4-5-10(15)16/h4-5,8,13H,6-7H2,1-3H3,(H,12,14)(H,15,16)/b5-4+. The molecule has 3 N–H and O–H groups in total. The number of aliphatic hydroxyl groups is 1. The first kappa shape index (κ1) is 14.6. The summed E-state index contributed by atoms with van der Waals surface area (Å²) in [4.78, 5) is 21.5. The van der Waals surface area contributed by atoms with Crippen molar-refractivity contribution in [2.75, 3.05) is 6.61 Å². The third-order valence-electron chi connectivity index (χ3n) is 2.16. The Labute approximate surface area is 95.2 Å². The first-order valence-corrected chi connectivity index (χ1v) is 5.09. The van der Waals surface area contributed by atoms with Gasteiger partial charge in [0.25, 0.3) is 0 Å². The molecule has 0 aromatic heterocycles.